The molecule has 1 amide bonds. The standard InChI is InChI=1S/C18H16BrCl2N3OS/c1-23(2)5-6-24(17(25)11-7-13(20)10-14(21)8-11)18-22-15-4-3-12(19)9-16(15)26-18/h3-4,7-10H,5-6H2,1-2H3. The van der Waals surface area contributed by atoms with Gasteiger partial charge in [-0.2, -0.15) is 0 Å². The molecule has 0 atom stereocenters. The summed E-state index contributed by atoms with van der Waals surface area (Å²) in [6.45, 7) is 1.22. The van der Waals surface area contributed by atoms with Crippen molar-refractivity contribution in [1.82, 2.24) is 9.88 Å². The minimum Gasteiger partial charge on any atom is -0.308 e. The quantitative estimate of drug-likeness (QED) is 0.486. The third kappa shape index (κ3) is 4.56. The van der Waals surface area contributed by atoms with E-state index in [-0.39, 0.29) is 5.91 Å². The van der Waals surface area contributed by atoms with Gasteiger partial charge in [-0.25, -0.2) is 4.98 Å². The van der Waals surface area contributed by atoms with Gasteiger partial charge in [-0.3, -0.25) is 9.69 Å². The molecule has 0 bridgehead atoms. The molecule has 0 radical (unpaired) electrons. The number of carbonyl (C=O) groups excluding carboxylic acids is 1. The van der Waals surface area contributed by atoms with Gasteiger partial charge >= 0.3 is 0 Å². The Morgan fingerprint density at radius 3 is 2.46 bits per heavy atom. The minimum atomic E-state index is -0.172. The van der Waals surface area contributed by atoms with E-state index in [0.29, 0.717) is 33.8 Å². The highest BCUT2D eigenvalue weighted by atomic mass is 79.9. The van der Waals surface area contributed by atoms with Gasteiger partial charge in [0, 0.05) is 33.2 Å². The van der Waals surface area contributed by atoms with Gasteiger partial charge in [0.2, 0.25) is 0 Å². The first kappa shape index (κ1) is 19.6. The second-order valence-corrected chi connectivity index (χ2v) is 8.82. The molecule has 26 heavy (non-hydrogen) atoms. The van der Waals surface area contributed by atoms with Crippen LogP contribution in [0.5, 0.6) is 0 Å². The van der Waals surface area contributed by atoms with E-state index in [4.69, 9.17) is 23.2 Å². The highest BCUT2D eigenvalue weighted by Gasteiger charge is 2.22. The maximum Gasteiger partial charge on any atom is 0.260 e. The summed E-state index contributed by atoms with van der Waals surface area (Å²) in [6.07, 6.45) is 0. The van der Waals surface area contributed by atoms with Gasteiger partial charge in [0.25, 0.3) is 5.91 Å². The number of fused-ring (bicyclic) bond motifs is 1. The molecule has 1 aromatic heterocycles. The maximum absolute atomic E-state index is 13.2. The van der Waals surface area contributed by atoms with Crippen LogP contribution in [-0.4, -0.2) is 43.0 Å². The predicted molar refractivity (Wildman–Crippen MR) is 114 cm³/mol. The fourth-order valence-corrected chi connectivity index (χ4v) is 4.49. The summed E-state index contributed by atoms with van der Waals surface area (Å²) in [5, 5.41) is 1.52. The Kier molecular flexibility index (Phi) is 6.20. The highest BCUT2D eigenvalue weighted by molar-refractivity contribution is 9.10. The van der Waals surface area contributed by atoms with Crippen LogP contribution in [0.25, 0.3) is 10.2 Å². The lowest BCUT2D eigenvalue weighted by molar-refractivity contribution is 0.0985. The van der Waals surface area contributed by atoms with Crippen molar-refractivity contribution in [3.05, 3.63) is 56.5 Å². The fraction of sp³-hybridized carbons (Fsp3) is 0.222. The van der Waals surface area contributed by atoms with Crippen molar-refractivity contribution < 1.29 is 4.79 Å². The van der Waals surface area contributed by atoms with E-state index >= 15 is 0 Å². The molecule has 1 heterocycles. The molecule has 3 aromatic rings. The molecule has 0 fully saturated rings. The van der Waals surface area contributed by atoms with Crippen LogP contribution in [0.1, 0.15) is 10.4 Å². The number of rotatable bonds is 5. The summed E-state index contributed by atoms with van der Waals surface area (Å²) in [7, 11) is 3.93. The number of benzene rings is 2. The molecule has 0 saturated carbocycles. The zero-order valence-corrected chi connectivity index (χ0v) is 18.1. The molecule has 0 unspecified atom stereocenters. The summed E-state index contributed by atoms with van der Waals surface area (Å²) in [5.74, 6) is -0.172. The third-order valence-corrected chi connectivity index (χ3v) is 5.67. The molecule has 4 nitrogen and oxygen atoms in total. The number of anilines is 1. The van der Waals surface area contributed by atoms with Gasteiger partial charge in [-0.1, -0.05) is 50.5 Å². The Balaban J connectivity index is 2.01. The average Bonchev–Trinajstić information content (AvgIpc) is 2.96. The monoisotopic (exact) mass is 471 g/mol. The molecular formula is C18H16BrCl2N3OS. The lowest BCUT2D eigenvalue weighted by Gasteiger charge is -2.22. The highest BCUT2D eigenvalue weighted by Crippen LogP contribution is 2.32. The molecule has 0 N–H and O–H groups in total. The van der Waals surface area contributed by atoms with Gasteiger partial charge in [0.1, 0.15) is 0 Å². The first-order valence-electron chi connectivity index (χ1n) is 7.82. The van der Waals surface area contributed by atoms with Crippen LogP contribution in [0.3, 0.4) is 0 Å². The van der Waals surface area contributed by atoms with Crippen molar-refractivity contribution >= 4 is 71.7 Å². The summed E-state index contributed by atoms with van der Waals surface area (Å²) in [6, 6.07) is 10.7. The third-order valence-electron chi connectivity index (χ3n) is 3.70. The topological polar surface area (TPSA) is 36.4 Å². The smallest absolute Gasteiger partial charge is 0.260 e. The second kappa shape index (κ2) is 8.23. The molecule has 0 aliphatic carbocycles. The molecule has 0 aliphatic heterocycles. The van der Waals surface area contributed by atoms with Crippen LogP contribution in [0.2, 0.25) is 10.0 Å². The predicted octanol–water partition coefficient (Wildman–Crippen LogP) is 5.57. The minimum absolute atomic E-state index is 0.172. The molecule has 136 valence electrons. The van der Waals surface area contributed by atoms with E-state index in [1.165, 1.54) is 11.3 Å². The molecule has 0 saturated heterocycles. The Morgan fingerprint density at radius 1 is 1.12 bits per heavy atom. The largest absolute Gasteiger partial charge is 0.308 e. The number of nitrogens with zero attached hydrogens (tertiary/aromatic N) is 3. The zero-order valence-electron chi connectivity index (χ0n) is 14.2. The van der Waals surface area contributed by atoms with Crippen LogP contribution in [-0.2, 0) is 0 Å². The number of amides is 1. The second-order valence-electron chi connectivity index (χ2n) is 6.03. The number of likely N-dealkylation sites (N-methyl/N-ethyl adjacent to an activating group) is 1. The molecule has 8 heteroatoms. The lowest BCUT2D eigenvalue weighted by atomic mass is 10.2. The van der Waals surface area contributed by atoms with Gasteiger partial charge in [0.15, 0.2) is 5.13 Å². The molecule has 0 aliphatic rings. The average molecular weight is 473 g/mol. The van der Waals surface area contributed by atoms with Crippen LogP contribution in [0, 0.1) is 0 Å². The van der Waals surface area contributed by atoms with E-state index in [0.717, 1.165) is 14.7 Å². The summed E-state index contributed by atoms with van der Waals surface area (Å²) >= 11 is 17.1. The van der Waals surface area contributed by atoms with Gasteiger partial charge < -0.3 is 4.90 Å². The molecule has 0 spiro atoms. The van der Waals surface area contributed by atoms with Crippen LogP contribution in [0.4, 0.5) is 5.13 Å². The van der Waals surface area contributed by atoms with E-state index in [1.54, 1.807) is 23.1 Å². The number of thiazole rings is 1. The van der Waals surface area contributed by atoms with Gasteiger partial charge in [0.05, 0.1) is 10.2 Å². The number of carbonyl (C=O) groups is 1. The summed E-state index contributed by atoms with van der Waals surface area (Å²) in [5.41, 5.74) is 1.31. The van der Waals surface area contributed by atoms with Crippen molar-refractivity contribution in [3.63, 3.8) is 0 Å². The maximum atomic E-state index is 13.2. The van der Waals surface area contributed by atoms with E-state index in [9.17, 15) is 4.79 Å². The van der Waals surface area contributed by atoms with Crippen molar-refractivity contribution in [1.29, 1.82) is 0 Å². The van der Waals surface area contributed by atoms with Gasteiger partial charge in [-0.05, 0) is 50.5 Å². The van der Waals surface area contributed by atoms with E-state index in [2.05, 4.69) is 20.9 Å². The van der Waals surface area contributed by atoms with E-state index in [1.807, 2.05) is 37.2 Å². The number of aromatic nitrogens is 1. The Morgan fingerprint density at radius 2 is 1.81 bits per heavy atom. The van der Waals surface area contributed by atoms with Crippen LogP contribution >= 0.6 is 50.5 Å². The summed E-state index contributed by atoms with van der Waals surface area (Å²) < 4.78 is 1.99. The molecule has 2 aromatic carbocycles. The van der Waals surface area contributed by atoms with Crippen molar-refractivity contribution in [3.8, 4) is 0 Å². The van der Waals surface area contributed by atoms with E-state index < -0.39 is 0 Å². The van der Waals surface area contributed by atoms with Crippen molar-refractivity contribution in [2.24, 2.45) is 0 Å². The number of halogens is 3. The lowest BCUT2D eigenvalue weighted by Crippen LogP contribution is -2.36. The normalized spacial score (nSPS) is 11.3. The SMILES string of the molecule is CN(C)CCN(C(=O)c1cc(Cl)cc(Cl)c1)c1nc2ccc(Br)cc2s1. The zero-order chi connectivity index (χ0) is 18.8. The fourth-order valence-electron chi connectivity index (χ4n) is 2.42. The Hall–Kier alpha value is -1.18. The molecular weight excluding hydrogens is 457 g/mol. The number of hydrogen-bond donors (Lipinski definition) is 0. The van der Waals surface area contributed by atoms with Crippen LogP contribution < -0.4 is 4.90 Å². The first-order chi connectivity index (χ1) is 12.3. The van der Waals surface area contributed by atoms with Gasteiger partial charge in [-0.15, -0.1) is 0 Å². The van der Waals surface area contributed by atoms with Crippen molar-refractivity contribution in [2.45, 2.75) is 0 Å². The van der Waals surface area contributed by atoms with Crippen molar-refractivity contribution in [2.75, 3.05) is 32.1 Å². The van der Waals surface area contributed by atoms with Crippen LogP contribution in [0.15, 0.2) is 40.9 Å². The Bertz CT molecular complexity index is 941. The first-order valence-corrected chi connectivity index (χ1v) is 10.2. The Labute approximate surface area is 174 Å². The molecule has 3 rings (SSSR count). The summed E-state index contributed by atoms with van der Waals surface area (Å²) in [4.78, 5) is 21.5. The number of hydrogen-bond acceptors (Lipinski definition) is 4.